The normalized spacial score (nSPS) is 19.8. The average Bonchev–Trinajstić information content (AvgIpc) is 4.18. The Kier molecular flexibility index (Phi) is 24.9. The third-order valence-corrected chi connectivity index (χ3v) is 15.8. The molecule has 2 saturated heterocycles. The summed E-state index contributed by atoms with van der Waals surface area (Å²) in [6, 6.07) is 16.3. The summed E-state index contributed by atoms with van der Waals surface area (Å²) in [4.78, 5) is 112. The second-order valence-electron chi connectivity index (χ2n) is 21.2. The van der Waals surface area contributed by atoms with E-state index in [2.05, 4.69) is 66.8 Å². The molecule has 3 aromatic rings. The van der Waals surface area contributed by atoms with Crippen molar-refractivity contribution in [2.45, 2.75) is 165 Å². The van der Waals surface area contributed by atoms with Crippen LogP contribution in [0.2, 0.25) is 0 Å². The zero-order chi connectivity index (χ0) is 55.0. The number of nitrogen functional groups attached to an aromatic ring is 1. The molecule has 2 aliphatic heterocycles. The number of nitrogens with one attached hydrogen (secondary N) is 8. The van der Waals surface area contributed by atoms with Gasteiger partial charge in [0.15, 0.2) is 0 Å². The molecule has 0 saturated carbocycles. The summed E-state index contributed by atoms with van der Waals surface area (Å²) in [5.41, 5.74) is 11.5. The minimum Gasteiger partial charge on any atom is -0.399 e. The minimum absolute atomic E-state index is 0. The lowest BCUT2D eigenvalue weighted by molar-refractivity contribution is -0.142. The first-order valence-electron chi connectivity index (χ1n) is 28.0. The number of likely N-dealkylation sites (tertiary alicyclic amines) is 2. The number of benzene rings is 3. The van der Waals surface area contributed by atoms with Crippen molar-refractivity contribution in [2.24, 2.45) is 0 Å². The second-order valence-corrected chi connectivity index (χ2v) is 21.2. The molecule has 8 amide bonds. The molecule has 432 valence electrons. The Hall–Kier alpha value is -6.28. The maximum Gasteiger partial charge on any atom is 0.251 e. The van der Waals surface area contributed by atoms with Crippen molar-refractivity contribution in [1.29, 1.82) is 0 Å². The van der Waals surface area contributed by atoms with Crippen LogP contribution in [-0.4, -0.2) is 134 Å². The molecule has 10 N–H and O–H groups in total. The molecule has 0 bridgehead atoms. The van der Waals surface area contributed by atoms with Crippen LogP contribution >= 0.6 is 24.8 Å². The van der Waals surface area contributed by atoms with E-state index in [0.717, 1.165) is 49.7 Å². The summed E-state index contributed by atoms with van der Waals surface area (Å²) >= 11 is 0. The SMILES string of the molecule is CN[C@@H](C)C(=O)N[C@@H](CCCCNC(=O)c1cc(N)cc(C(=O)NCCCC[C@H](NC(=O)[C@H](C)NC)C(=O)N2CCC[C@H]2C(=O)N[C@@H]2CCCc3ccccc32)c1)C(=O)N1CCC[C@H]1C(=O)N[C@@H]1CCCc2ccccc21.Cl.Cl. The Balaban J connectivity index is 0.00000574. The molecule has 79 heavy (non-hydrogen) atoms. The predicted molar refractivity (Wildman–Crippen MR) is 309 cm³/mol. The molecule has 2 aliphatic carbocycles. The largest absolute Gasteiger partial charge is 0.399 e. The quantitative estimate of drug-likeness (QED) is 0.0447. The molecule has 2 heterocycles. The standard InChI is InChI=1S/C58H81N11O8.2ClH/c1-36(60-3)51(70)66-47(57(76)68-31-15-27-49(68)55(74)64-45-25-13-19-38-17-5-7-21-43(38)45)23-9-11-29-62-53(72)40-33-41(35-42(59)34-40)54(73)63-30-12-10-24-48(67-52(71)37(2)61-4)58(77)69-32-16-28-50(69)56(75)65-46-26-14-20-39-18-6-8-22-44(39)46;;/h5-8,17-18,21-22,33-37,45-50,60-61H,9-16,19-20,23-32,59H2,1-4H3,(H,62,72)(H,63,73)(H,64,74)(H,65,75)(H,66,70)(H,67,71);2*1H/t36-,37-,45+,46+,47-,48-,49-,50-;;/m0../s1. The number of rotatable bonds is 24. The number of hydrogen-bond donors (Lipinski definition) is 9. The fourth-order valence-corrected chi connectivity index (χ4v) is 11.2. The van der Waals surface area contributed by atoms with Gasteiger partial charge in [-0.2, -0.15) is 0 Å². The molecule has 0 spiro atoms. The van der Waals surface area contributed by atoms with E-state index in [0.29, 0.717) is 64.5 Å². The molecule has 4 aliphatic rings. The van der Waals surface area contributed by atoms with Crippen LogP contribution in [0.15, 0.2) is 66.7 Å². The van der Waals surface area contributed by atoms with Crippen molar-refractivity contribution in [3.05, 3.63) is 100 Å². The van der Waals surface area contributed by atoms with Crippen LogP contribution in [0.25, 0.3) is 0 Å². The number of nitrogens with zero attached hydrogens (tertiary/aromatic N) is 2. The number of amides is 8. The summed E-state index contributed by atoms with van der Waals surface area (Å²) in [5.74, 6) is -2.55. The predicted octanol–water partition coefficient (Wildman–Crippen LogP) is 4.47. The average molecular weight is 1130 g/mol. The lowest BCUT2D eigenvalue weighted by Crippen LogP contribution is -2.55. The van der Waals surface area contributed by atoms with Crippen molar-refractivity contribution in [3.8, 4) is 0 Å². The van der Waals surface area contributed by atoms with E-state index >= 15 is 0 Å². The first-order valence-corrected chi connectivity index (χ1v) is 28.0. The van der Waals surface area contributed by atoms with Gasteiger partial charge in [0.2, 0.25) is 35.4 Å². The van der Waals surface area contributed by atoms with E-state index in [4.69, 9.17) is 5.73 Å². The Labute approximate surface area is 477 Å². The third-order valence-electron chi connectivity index (χ3n) is 15.8. The van der Waals surface area contributed by atoms with Crippen LogP contribution in [0.3, 0.4) is 0 Å². The summed E-state index contributed by atoms with van der Waals surface area (Å²) in [6.45, 7) is 4.71. The Morgan fingerprint density at radius 2 is 0.962 bits per heavy atom. The van der Waals surface area contributed by atoms with E-state index in [1.54, 1.807) is 37.7 Å². The van der Waals surface area contributed by atoms with E-state index in [9.17, 15) is 38.4 Å². The zero-order valence-corrected chi connectivity index (χ0v) is 47.8. The lowest BCUT2D eigenvalue weighted by Gasteiger charge is -2.32. The van der Waals surface area contributed by atoms with Crippen molar-refractivity contribution in [1.82, 2.24) is 52.3 Å². The summed E-state index contributed by atoms with van der Waals surface area (Å²) in [7, 11) is 3.33. The van der Waals surface area contributed by atoms with Gasteiger partial charge in [-0.25, -0.2) is 0 Å². The highest BCUT2D eigenvalue weighted by atomic mass is 35.5. The van der Waals surface area contributed by atoms with Crippen LogP contribution in [0, 0.1) is 0 Å². The van der Waals surface area contributed by atoms with Gasteiger partial charge in [0.1, 0.15) is 24.2 Å². The van der Waals surface area contributed by atoms with E-state index in [1.807, 2.05) is 24.3 Å². The Morgan fingerprint density at radius 3 is 1.37 bits per heavy atom. The van der Waals surface area contributed by atoms with E-state index < -0.39 is 48.1 Å². The maximum absolute atomic E-state index is 14.2. The number of carbonyl (C=O) groups is 8. The fourth-order valence-electron chi connectivity index (χ4n) is 11.2. The monoisotopic (exact) mass is 1130 g/mol. The summed E-state index contributed by atoms with van der Waals surface area (Å²) in [5, 5.41) is 23.9. The smallest absolute Gasteiger partial charge is 0.251 e. The van der Waals surface area contributed by atoms with Crippen LogP contribution in [0.1, 0.15) is 159 Å². The van der Waals surface area contributed by atoms with Crippen molar-refractivity contribution in [2.75, 3.05) is 46.0 Å². The van der Waals surface area contributed by atoms with Crippen LogP contribution in [0.4, 0.5) is 5.69 Å². The minimum atomic E-state index is -0.877. The molecule has 3 aromatic carbocycles. The summed E-state index contributed by atoms with van der Waals surface area (Å²) in [6.07, 6.45) is 10.4. The van der Waals surface area contributed by atoms with Crippen molar-refractivity contribution in [3.63, 3.8) is 0 Å². The van der Waals surface area contributed by atoms with Crippen LogP contribution < -0.4 is 48.3 Å². The number of hydrogen-bond acceptors (Lipinski definition) is 11. The van der Waals surface area contributed by atoms with Gasteiger partial charge in [0.05, 0.1) is 24.2 Å². The van der Waals surface area contributed by atoms with Gasteiger partial charge in [-0.3, -0.25) is 38.4 Å². The fraction of sp³-hybridized carbons (Fsp3) is 0.552. The first kappa shape index (κ1) is 63.6. The molecule has 21 heteroatoms. The van der Waals surface area contributed by atoms with Gasteiger partial charge < -0.3 is 58.1 Å². The topological polar surface area (TPSA) is 265 Å². The molecule has 2 fully saturated rings. The van der Waals surface area contributed by atoms with Gasteiger partial charge in [-0.15, -0.1) is 24.8 Å². The van der Waals surface area contributed by atoms with Crippen molar-refractivity contribution >= 4 is 77.8 Å². The molecular formula is C58H83Cl2N11O8. The van der Waals surface area contributed by atoms with E-state index in [1.165, 1.54) is 29.3 Å². The number of unbranched alkanes of at least 4 members (excludes halogenated alkanes) is 2. The highest BCUT2D eigenvalue weighted by molar-refractivity contribution is 6.01. The zero-order valence-electron chi connectivity index (χ0n) is 46.2. The molecular weight excluding hydrogens is 1050 g/mol. The van der Waals surface area contributed by atoms with Gasteiger partial charge in [0.25, 0.3) is 11.8 Å². The number of anilines is 1. The Morgan fingerprint density at radius 1 is 0.557 bits per heavy atom. The second kappa shape index (κ2) is 30.9. The molecule has 0 aromatic heterocycles. The van der Waals surface area contributed by atoms with Crippen LogP contribution in [-0.2, 0) is 41.6 Å². The van der Waals surface area contributed by atoms with E-state index in [-0.39, 0.29) is 115 Å². The number of halogens is 2. The number of carbonyl (C=O) groups excluding carboxylic acids is 8. The lowest BCUT2D eigenvalue weighted by atomic mass is 9.87. The molecule has 8 atom stereocenters. The van der Waals surface area contributed by atoms with Gasteiger partial charge >= 0.3 is 0 Å². The third kappa shape index (κ3) is 16.9. The van der Waals surface area contributed by atoms with Crippen molar-refractivity contribution < 1.29 is 38.4 Å². The number of likely N-dealkylation sites (N-methyl/N-ethyl adjacent to an activating group) is 2. The molecule has 0 unspecified atom stereocenters. The highest BCUT2D eigenvalue weighted by Crippen LogP contribution is 2.32. The van der Waals surface area contributed by atoms with Gasteiger partial charge in [0, 0.05) is 43.0 Å². The number of nitrogens with two attached hydrogens (primary N) is 1. The molecule has 19 nitrogen and oxygen atoms in total. The number of aryl methyl sites for hydroxylation is 2. The molecule has 0 radical (unpaired) electrons. The van der Waals surface area contributed by atoms with Crippen LogP contribution in [0.5, 0.6) is 0 Å². The Bertz CT molecular complexity index is 2440. The van der Waals surface area contributed by atoms with Gasteiger partial charge in [-0.05, 0) is 171 Å². The number of fused-ring (bicyclic) bond motifs is 2. The first-order chi connectivity index (χ1) is 37.2. The van der Waals surface area contributed by atoms with Gasteiger partial charge in [-0.1, -0.05) is 48.5 Å². The molecule has 7 rings (SSSR count). The highest BCUT2D eigenvalue weighted by Gasteiger charge is 2.41. The summed E-state index contributed by atoms with van der Waals surface area (Å²) < 4.78 is 0. The maximum atomic E-state index is 14.2.